The summed E-state index contributed by atoms with van der Waals surface area (Å²) in [6.45, 7) is 2.76. The second-order valence-electron chi connectivity index (χ2n) is 6.69. The van der Waals surface area contributed by atoms with Crippen molar-refractivity contribution >= 4 is 5.82 Å². The molecule has 5 nitrogen and oxygen atoms in total. The van der Waals surface area contributed by atoms with Crippen molar-refractivity contribution in [2.24, 2.45) is 5.41 Å². The Hall–Kier alpha value is -1.41. The summed E-state index contributed by atoms with van der Waals surface area (Å²) < 4.78 is 38.5. The number of likely N-dealkylation sites (tertiary alicyclic amines) is 1. The Morgan fingerprint density at radius 3 is 2.78 bits per heavy atom. The van der Waals surface area contributed by atoms with Crippen molar-refractivity contribution in [1.82, 2.24) is 14.9 Å². The van der Waals surface area contributed by atoms with Crippen molar-refractivity contribution in [1.29, 1.82) is 0 Å². The maximum atomic E-state index is 12.8. The quantitative estimate of drug-likeness (QED) is 0.851. The van der Waals surface area contributed by atoms with Gasteiger partial charge in [-0.3, -0.25) is 0 Å². The van der Waals surface area contributed by atoms with Crippen molar-refractivity contribution in [2.45, 2.75) is 31.5 Å². The van der Waals surface area contributed by atoms with Crippen molar-refractivity contribution in [2.75, 3.05) is 38.1 Å². The molecule has 23 heavy (non-hydrogen) atoms. The van der Waals surface area contributed by atoms with Gasteiger partial charge in [0.25, 0.3) is 0 Å². The molecule has 3 heterocycles. The summed E-state index contributed by atoms with van der Waals surface area (Å²) in [7, 11) is 2.01. The van der Waals surface area contributed by atoms with Gasteiger partial charge in [-0.2, -0.15) is 13.2 Å². The van der Waals surface area contributed by atoms with Gasteiger partial charge in [0, 0.05) is 37.7 Å². The number of piperidine rings is 2. The van der Waals surface area contributed by atoms with E-state index in [2.05, 4.69) is 14.9 Å². The number of rotatable bonds is 1. The van der Waals surface area contributed by atoms with Crippen LogP contribution in [0.5, 0.6) is 0 Å². The zero-order valence-corrected chi connectivity index (χ0v) is 13.1. The molecule has 0 aromatic carbocycles. The molecule has 0 amide bonds. The molecule has 0 unspecified atom stereocenters. The Labute approximate surface area is 133 Å². The monoisotopic (exact) mass is 330 g/mol. The minimum Gasteiger partial charge on any atom is -0.392 e. The molecular weight excluding hydrogens is 309 g/mol. The molecule has 3 rings (SSSR count). The van der Waals surface area contributed by atoms with Crippen LogP contribution in [0.2, 0.25) is 0 Å². The molecular formula is C15H21F3N4O. The predicted molar refractivity (Wildman–Crippen MR) is 79.0 cm³/mol. The lowest BCUT2D eigenvalue weighted by atomic mass is 9.71. The van der Waals surface area contributed by atoms with Crippen molar-refractivity contribution in [3.8, 4) is 0 Å². The van der Waals surface area contributed by atoms with Gasteiger partial charge < -0.3 is 14.9 Å². The smallest absolute Gasteiger partial charge is 0.392 e. The highest BCUT2D eigenvalue weighted by Gasteiger charge is 2.45. The Morgan fingerprint density at radius 2 is 2.04 bits per heavy atom. The minimum atomic E-state index is -4.48. The van der Waals surface area contributed by atoms with Crippen LogP contribution in [-0.2, 0) is 6.18 Å². The van der Waals surface area contributed by atoms with Gasteiger partial charge in [0.2, 0.25) is 0 Å². The normalized spacial score (nSPS) is 30.0. The van der Waals surface area contributed by atoms with E-state index in [1.807, 2.05) is 11.9 Å². The molecule has 1 spiro atoms. The fraction of sp³-hybridized carbons (Fsp3) is 0.733. The molecule has 0 aliphatic carbocycles. The molecule has 2 aliphatic rings. The molecule has 128 valence electrons. The first-order valence-corrected chi connectivity index (χ1v) is 7.81. The fourth-order valence-corrected chi connectivity index (χ4v) is 3.80. The number of hydrogen-bond acceptors (Lipinski definition) is 5. The first-order chi connectivity index (χ1) is 10.8. The summed E-state index contributed by atoms with van der Waals surface area (Å²) in [4.78, 5) is 11.4. The van der Waals surface area contributed by atoms with E-state index >= 15 is 0 Å². The summed E-state index contributed by atoms with van der Waals surface area (Å²) in [5, 5.41) is 10.5. The van der Waals surface area contributed by atoms with E-state index in [1.54, 1.807) is 0 Å². The average molecular weight is 330 g/mol. The first kappa shape index (κ1) is 16.4. The van der Waals surface area contributed by atoms with Crippen molar-refractivity contribution in [3.05, 3.63) is 18.1 Å². The highest BCUT2D eigenvalue weighted by molar-refractivity contribution is 5.41. The topological polar surface area (TPSA) is 52.5 Å². The van der Waals surface area contributed by atoms with Crippen LogP contribution < -0.4 is 4.90 Å². The Morgan fingerprint density at radius 1 is 1.26 bits per heavy atom. The fourth-order valence-electron chi connectivity index (χ4n) is 3.80. The van der Waals surface area contributed by atoms with Crippen LogP contribution >= 0.6 is 0 Å². The second kappa shape index (κ2) is 5.90. The lowest BCUT2D eigenvalue weighted by Gasteiger charge is -2.50. The third-order valence-electron chi connectivity index (χ3n) is 4.95. The van der Waals surface area contributed by atoms with E-state index in [0.29, 0.717) is 19.5 Å². The predicted octanol–water partition coefficient (Wildman–Crippen LogP) is 1.78. The molecule has 1 N–H and O–H groups in total. The second-order valence-corrected chi connectivity index (χ2v) is 6.69. The molecule has 0 bridgehead atoms. The van der Waals surface area contributed by atoms with Gasteiger partial charge >= 0.3 is 6.18 Å². The van der Waals surface area contributed by atoms with Crippen LogP contribution in [0.4, 0.5) is 19.0 Å². The number of nitrogens with zero attached hydrogens (tertiary/aromatic N) is 4. The van der Waals surface area contributed by atoms with E-state index in [9.17, 15) is 18.3 Å². The standard InChI is InChI=1S/C15H21F3N4O/c1-21-6-3-12(23)14(8-21)4-2-5-22(9-14)13-7-11(15(16,17)18)19-10-20-13/h7,10,12,23H,2-6,8-9H2,1H3/t12-,14-/m0/s1. The van der Waals surface area contributed by atoms with Crippen LogP contribution in [0.15, 0.2) is 12.4 Å². The number of hydrogen-bond donors (Lipinski definition) is 1. The first-order valence-electron chi connectivity index (χ1n) is 7.81. The number of aliphatic hydroxyl groups is 1. The van der Waals surface area contributed by atoms with Gasteiger partial charge in [-0.05, 0) is 26.3 Å². The van der Waals surface area contributed by atoms with Gasteiger partial charge in [0.15, 0.2) is 0 Å². The van der Waals surface area contributed by atoms with Crippen LogP contribution in [0.25, 0.3) is 0 Å². The summed E-state index contributed by atoms with van der Waals surface area (Å²) in [6, 6.07) is 0.998. The average Bonchev–Trinajstić information content (AvgIpc) is 2.51. The Bertz CT molecular complexity index is 568. The minimum absolute atomic E-state index is 0.284. The summed E-state index contributed by atoms with van der Waals surface area (Å²) in [5.74, 6) is 0.284. The number of halogens is 3. The number of aromatic nitrogens is 2. The molecule has 2 fully saturated rings. The summed E-state index contributed by atoms with van der Waals surface area (Å²) in [6.07, 6.45) is -1.53. The summed E-state index contributed by atoms with van der Waals surface area (Å²) in [5.41, 5.74) is -1.22. The van der Waals surface area contributed by atoms with E-state index in [0.717, 1.165) is 38.3 Å². The van der Waals surface area contributed by atoms with E-state index < -0.39 is 18.0 Å². The zero-order valence-electron chi connectivity index (χ0n) is 13.1. The third kappa shape index (κ3) is 3.28. The highest BCUT2D eigenvalue weighted by Crippen LogP contribution is 2.40. The van der Waals surface area contributed by atoms with Crippen molar-refractivity contribution in [3.63, 3.8) is 0 Å². The molecule has 0 saturated carbocycles. The molecule has 0 radical (unpaired) electrons. The Kier molecular flexibility index (Phi) is 4.22. The third-order valence-corrected chi connectivity index (χ3v) is 4.95. The lowest BCUT2D eigenvalue weighted by Crippen LogP contribution is -2.58. The van der Waals surface area contributed by atoms with Gasteiger partial charge in [-0.25, -0.2) is 9.97 Å². The number of aliphatic hydroxyl groups excluding tert-OH is 1. The van der Waals surface area contributed by atoms with Crippen LogP contribution in [0.1, 0.15) is 25.0 Å². The van der Waals surface area contributed by atoms with Gasteiger partial charge in [-0.1, -0.05) is 0 Å². The largest absolute Gasteiger partial charge is 0.433 e. The molecule has 2 atom stereocenters. The van der Waals surface area contributed by atoms with Crippen LogP contribution in [0, 0.1) is 5.41 Å². The maximum absolute atomic E-state index is 12.8. The lowest BCUT2D eigenvalue weighted by molar-refractivity contribution is -0.141. The molecule has 8 heteroatoms. The highest BCUT2D eigenvalue weighted by atomic mass is 19.4. The molecule has 2 saturated heterocycles. The number of alkyl halides is 3. The van der Waals surface area contributed by atoms with E-state index in [4.69, 9.17) is 0 Å². The zero-order chi connectivity index (χ0) is 16.7. The van der Waals surface area contributed by atoms with Crippen LogP contribution in [0.3, 0.4) is 0 Å². The maximum Gasteiger partial charge on any atom is 0.433 e. The molecule has 1 aromatic rings. The van der Waals surface area contributed by atoms with Gasteiger partial charge in [0.1, 0.15) is 17.8 Å². The summed E-state index contributed by atoms with van der Waals surface area (Å²) >= 11 is 0. The molecule has 2 aliphatic heterocycles. The number of anilines is 1. The van der Waals surface area contributed by atoms with Gasteiger partial charge in [-0.15, -0.1) is 0 Å². The van der Waals surface area contributed by atoms with E-state index in [-0.39, 0.29) is 11.2 Å². The van der Waals surface area contributed by atoms with Crippen molar-refractivity contribution < 1.29 is 18.3 Å². The van der Waals surface area contributed by atoms with E-state index in [1.165, 1.54) is 0 Å². The van der Waals surface area contributed by atoms with Crippen LogP contribution in [-0.4, -0.2) is 59.3 Å². The molecule has 1 aromatic heterocycles. The Balaban J connectivity index is 1.84. The SMILES string of the molecule is CN1CC[C@H](O)[C@@]2(CCCN(c3cc(C(F)(F)F)ncn3)C2)C1. The van der Waals surface area contributed by atoms with Gasteiger partial charge in [0.05, 0.1) is 6.10 Å².